The molecule has 2 rings (SSSR count). The van der Waals surface area contributed by atoms with Gasteiger partial charge in [0.05, 0.1) is 16.7 Å². The van der Waals surface area contributed by atoms with Crippen molar-refractivity contribution in [3.05, 3.63) is 34.6 Å². The lowest BCUT2D eigenvalue weighted by atomic mass is 10.1. The molecular formula is C21H30N4O3S. The van der Waals surface area contributed by atoms with E-state index in [2.05, 4.69) is 22.5 Å². The molecule has 1 aromatic heterocycles. The van der Waals surface area contributed by atoms with Crippen LogP contribution in [0.2, 0.25) is 0 Å². The van der Waals surface area contributed by atoms with Gasteiger partial charge in [-0.1, -0.05) is 50.1 Å². The number of rotatable bonds is 8. The normalized spacial score (nSPS) is 11.4. The number of unbranched alkanes of at least 4 members (excludes halogenated alkanes) is 3. The summed E-state index contributed by atoms with van der Waals surface area (Å²) in [5, 5.41) is 6.06. The van der Waals surface area contributed by atoms with Crippen molar-refractivity contribution in [1.29, 1.82) is 0 Å². The average Bonchev–Trinajstić information content (AvgIpc) is 2.63. The van der Waals surface area contributed by atoms with E-state index in [4.69, 9.17) is 0 Å². The fourth-order valence-electron chi connectivity index (χ4n) is 2.82. The Labute approximate surface area is 175 Å². The number of fused-ring (bicyclic) bond motifs is 1. The minimum Gasteiger partial charge on any atom is -0.333 e. The Kier molecular flexibility index (Phi) is 8.25. The van der Waals surface area contributed by atoms with Crippen molar-refractivity contribution >= 4 is 34.6 Å². The zero-order valence-corrected chi connectivity index (χ0v) is 18.4. The largest absolute Gasteiger partial charge is 0.333 e. The summed E-state index contributed by atoms with van der Waals surface area (Å²) < 4.78 is 1.64. The van der Waals surface area contributed by atoms with Crippen molar-refractivity contribution in [3.63, 3.8) is 0 Å². The first-order valence-corrected chi connectivity index (χ1v) is 10.9. The number of hydrogen-bond donors (Lipinski definition) is 2. The third-order valence-corrected chi connectivity index (χ3v) is 5.11. The number of urea groups is 1. The highest BCUT2D eigenvalue weighted by Crippen LogP contribution is 2.18. The van der Waals surface area contributed by atoms with Gasteiger partial charge in [-0.3, -0.25) is 19.5 Å². The molecule has 2 aromatic rings. The number of imide groups is 1. The van der Waals surface area contributed by atoms with Crippen molar-refractivity contribution < 1.29 is 9.59 Å². The Balaban J connectivity index is 2.14. The smallest absolute Gasteiger partial charge is 0.321 e. The summed E-state index contributed by atoms with van der Waals surface area (Å²) in [5.74, 6) is -0.436. The molecule has 0 spiro atoms. The van der Waals surface area contributed by atoms with Crippen LogP contribution in [0.3, 0.4) is 0 Å². The third-order valence-electron chi connectivity index (χ3n) is 4.14. The van der Waals surface area contributed by atoms with Crippen LogP contribution < -0.4 is 16.2 Å². The first-order valence-electron chi connectivity index (χ1n) is 9.95. The van der Waals surface area contributed by atoms with Crippen LogP contribution in [0, 0.1) is 0 Å². The van der Waals surface area contributed by atoms with Crippen molar-refractivity contribution in [2.45, 2.75) is 70.6 Å². The van der Waals surface area contributed by atoms with Crippen molar-refractivity contribution in [1.82, 2.24) is 20.2 Å². The molecule has 0 aliphatic heterocycles. The van der Waals surface area contributed by atoms with Crippen LogP contribution in [0.5, 0.6) is 0 Å². The van der Waals surface area contributed by atoms with Crippen LogP contribution in [0.1, 0.15) is 53.4 Å². The van der Waals surface area contributed by atoms with E-state index in [9.17, 15) is 14.4 Å². The second kappa shape index (κ2) is 10.4. The first-order chi connectivity index (χ1) is 13.7. The van der Waals surface area contributed by atoms with Gasteiger partial charge in [0.2, 0.25) is 5.91 Å². The van der Waals surface area contributed by atoms with E-state index in [1.807, 2.05) is 32.9 Å². The minimum atomic E-state index is -0.536. The first kappa shape index (κ1) is 22.9. The van der Waals surface area contributed by atoms with Gasteiger partial charge in [-0.05, 0) is 39.3 Å². The molecular weight excluding hydrogens is 388 g/mol. The number of carbonyl (C=O) groups is 2. The van der Waals surface area contributed by atoms with Crippen molar-refractivity contribution in [3.8, 4) is 0 Å². The lowest BCUT2D eigenvalue weighted by molar-refractivity contribution is -0.117. The molecule has 29 heavy (non-hydrogen) atoms. The number of carbonyl (C=O) groups excluding carboxylic acids is 2. The highest BCUT2D eigenvalue weighted by atomic mass is 32.2. The molecule has 158 valence electrons. The van der Waals surface area contributed by atoms with E-state index in [1.165, 1.54) is 11.8 Å². The van der Waals surface area contributed by atoms with Gasteiger partial charge >= 0.3 is 6.03 Å². The van der Waals surface area contributed by atoms with Crippen LogP contribution in [0.15, 0.2) is 34.2 Å². The molecule has 3 amide bonds. The molecule has 0 fully saturated rings. The molecule has 8 heteroatoms. The molecule has 1 heterocycles. The van der Waals surface area contributed by atoms with E-state index in [-0.39, 0.29) is 11.3 Å². The monoisotopic (exact) mass is 418 g/mol. The van der Waals surface area contributed by atoms with Gasteiger partial charge in [-0.15, -0.1) is 0 Å². The number of benzene rings is 1. The molecule has 0 bridgehead atoms. The van der Waals surface area contributed by atoms with Gasteiger partial charge in [0.25, 0.3) is 5.56 Å². The molecule has 7 nitrogen and oxygen atoms in total. The van der Waals surface area contributed by atoms with Crippen LogP contribution in [-0.2, 0) is 11.3 Å². The van der Waals surface area contributed by atoms with Gasteiger partial charge in [0.1, 0.15) is 0 Å². The predicted molar refractivity (Wildman–Crippen MR) is 117 cm³/mol. The van der Waals surface area contributed by atoms with E-state index in [1.54, 1.807) is 16.7 Å². The molecule has 0 atom stereocenters. The molecule has 0 unspecified atom stereocenters. The second-order valence-corrected chi connectivity index (χ2v) is 8.91. The maximum absolute atomic E-state index is 12.9. The van der Waals surface area contributed by atoms with E-state index in [0.29, 0.717) is 22.6 Å². The molecule has 0 saturated carbocycles. The van der Waals surface area contributed by atoms with Crippen LogP contribution in [0.4, 0.5) is 4.79 Å². The molecule has 0 aliphatic carbocycles. The molecule has 2 N–H and O–H groups in total. The lowest BCUT2D eigenvalue weighted by Gasteiger charge is -2.20. The van der Waals surface area contributed by atoms with Crippen LogP contribution in [0.25, 0.3) is 10.9 Å². The summed E-state index contributed by atoms with van der Waals surface area (Å²) in [7, 11) is 0. The van der Waals surface area contributed by atoms with E-state index >= 15 is 0 Å². The topological polar surface area (TPSA) is 93.1 Å². The van der Waals surface area contributed by atoms with Crippen LogP contribution >= 0.6 is 11.8 Å². The number of nitrogens with one attached hydrogen (secondary N) is 2. The number of hydrogen-bond acceptors (Lipinski definition) is 5. The fourth-order valence-corrected chi connectivity index (χ4v) is 3.64. The molecule has 1 aromatic carbocycles. The Morgan fingerprint density at radius 3 is 2.55 bits per heavy atom. The maximum atomic E-state index is 12.9. The summed E-state index contributed by atoms with van der Waals surface area (Å²) in [6, 6.07) is 6.68. The van der Waals surface area contributed by atoms with Gasteiger partial charge in [-0.25, -0.2) is 9.78 Å². The van der Waals surface area contributed by atoms with Crippen LogP contribution in [-0.4, -0.2) is 32.8 Å². The van der Waals surface area contributed by atoms with Crippen molar-refractivity contribution in [2.24, 2.45) is 0 Å². The Morgan fingerprint density at radius 1 is 1.14 bits per heavy atom. The second-order valence-electron chi connectivity index (χ2n) is 7.97. The fraction of sp³-hybridized carbons (Fsp3) is 0.524. The van der Waals surface area contributed by atoms with Gasteiger partial charge in [-0.2, -0.15) is 0 Å². The predicted octanol–water partition coefficient (Wildman–Crippen LogP) is 3.69. The minimum absolute atomic E-state index is 0.00268. The summed E-state index contributed by atoms with van der Waals surface area (Å²) in [6.07, 6.45) is 4.14. The number of aromatic nitrogens is 2. The molecule has 0 aliphatic rings. The summed E-state index contributed by atoms with van der Waals surface area (Å²) in [6.45, 7) is 8.21. The highest BCUT2D eigenvalue weighted by Gasteiger charge is 2.17. The number of para-hydroxylation sites is 1. The average molecular weight is 419 g/mol. The Hall–Kier alpha value is -2.35. The summed E-state index contributed by atoms with van der Waals surface area (Å²) in [4.78, 5) is 41.5. The summed E-state index contributed by atoms with van der Waals surface area (Å²) >= 11 is 1.17. The zero-order chi connectivity index (χ0) is 21.4. The van der Waals surface area contributed by atoms with E-state index < -0.39 is 17.5 Å². The van der Waals surface area contributed by atoms with Gasteiger partial charge in [0.15, 0.2) is 5.16 Å². The van der Waals surface area contributed by atoms with E-state index in [0.717, 1.165) is 25.7 Å². The standard InChI is InChI=1S/C21H30N4O3S/c1-5-6-7-10-13-25-18(27)15-11-8-9-12-16(15)22-20(25)29-14-17(26)23-19(28)24-21(2,3)4/h8-9,11-12H,5-7,10,13-14H2,1-4H3,(H2,23,24,26,28). The van der Waals surface area contributed by atoms with Gasteiger partial charge in [0, 0.05) is 12.1 Å². The number of amides is 3. The molecule has 0 saturated heterocycles. The lowest BCUT2D eigenvalue weighted by Crippen LogP contribution is -2.48. The maximum Gasteiger partial charge on any atom is 0.321 e. The Bertz CT molecular complexity index is 918. The van der Waals surface area contributed by atoms with Crippen molar-refractivity contribution in [2.75, 3.05) is 5.75 Å². The Morgan fingerprint density at radius 2 is 1.86 bits per heavy atom. The quantitative estimate of drug-likeness (QED) is 0.387. The zero-order valence-electron chi connectivity index (χ0n) is 17.6. The molecule has 0 radical (unpaired) electrons. The third kappa shape index (κ3) is 7.20. The number of thioether (sulfide) groups is 1. The summed E-state index contributed by atoms with van der Waals surface area (Å²) in [5.41, 5.74) is 0.0762. The number of nitrogens with zero attached hydrogens (tertiary/aromatic N) is 2. The van der Waals surface area contributed by atoms with Gasteiger partial charge < -0.3 is 5.32 Å². The highest BCUT2D eigenvalue weighted by molar-refractivity contribution is 7.99. The SMILES string of the molecule is CCCCCCn1c(SCC(=O)NC(=O)NC(C)(C)C)nc2ccccc2c1=O.